The minimum Gasteiger partial charge on any atom is -0.443 e. The number of nitrogens with zero attached hydrogens (tertiary/aromatic N) is 2. The monoisotopic (exact) mass is 238 g/mol. The number of halogens is 1. The highest BCUT2D eigenvalue weighted by atomic mass is 35.5. The quantitative estimate of drug-likeness (QED) is 0.769. The van der Waals surface area contributed by atoms with E-state index >= 15 is 0 Å². The average Bonchev–Trinajstić information content (AvgIpc) is 2.75. The van der Waals surface area contributed by atoms with Crippen LogP contribution in [0.25, 0.3) is 11.1 Å². The number of carbonyl (C=O) groups is 1. The Kier molecular flexibility index (Phi) is 3.10. The van der Waals surface area contributed by atoms with Crippen molar-refractivity contribution in [1.82, 2.24) is 9.88 Å². The molecule has 0 aliphatic heterocycles. The summed E-state index contributed by atoms with van der Waals surface area (Å²) < 4.78 is 5.19. The number of amides is 1. The Morgan fingerprint density at radius 3 is 3.12 bits per heavy atom. The van der Waals surface area contributed by atoms with Crippen LogP contribution in [0.1, 0.15) is 5.56 Å². The summed E-state index contributed by atoms with van der Waals surface area (Å²) in [5, 5.41) is 0. The summed E-state index contributed by atoms with van der Waals surface area (Å²) in [6.45, 7) is 0.516. The predicted octanol–water partition coefficient (Wildman–Crippen LogP) is 2.02. The molecule has 0 atom stereocenters. The number of aromatic nitrogens is 1. The molecular formula is C11H11ClN2O2. The highest BCUT2D eigenvalue weighted by Gasteiger charge is 2.08. The van der Waals surface area contributed by atoms with E-state index in [2.05, 4.69) is 4.98 Å². The van der Waals surface area contributed by atoms with Crippen molar-refractivity contribution in [3.63, 3.8) is 0 Å². The van der Waals surface area contributed by atoms with Crippen molar-refractivity contribution >= 4 is 28.6 Å². The van der Waals surface area contributed by atoms with Crippen molar-refractivity contribution in [2.75, 3.05) is 12.9 Å². The summed E-state index contributed by atoms with van der Waals surface area (Å²) >= 11 is 5.47. The van der Waals surface area contributed by atoms with Crippen LogP contribution in [0.2, 0.25) is 0 Å². The van der Waals surface area contributed by atoms with Crippen LogP contribution >= 0.6 is 11.6 Å². The second kappa shape index (κ2) is 4.53. The molecule has 0 radical (unpaired) electrons. The molecule has 0 bridgehead atoms. The summed E-state index contributed by atoms with van der Waals surface area (Å²) in [6.07, 6.45) is 1.40. The Morgan fingerprint density at radius 2 is 2.38 bits per heavy atom. The van der Waals surface area contributed by atoms with Crippen LogP contribution in [-0.2, 0) is 11.3 Å². The van der Waals surface area contributed by atoms with Gasteiger partial charge in [0.15, 0.2) is 12.0 Å². The van der Waals surface area contributed by atoms with Crippen LogP contribution in [0.3, 0.4) is 0 Å². The molecule has 1 aromatic heterocycles. The molecule has 1 aromatic carbocycles. The van der Waals surface area contributed by atoms with Crippen molar-refractivity contribution in [2.45, 2.75) is 6.54 Å². The summed E-state index contributed by atoms with van der Waals surface area (Å²) in [5.41, 5.74) is 2.53. The lowest BCUT2D eigenvalue weighted by molar-refractivity contribution is -0.127. The van der Waals surface area contributed by atoms with Crippen LogP contribution in [0.15, 0.2) is 29.0 Å². The predicted molar refractivity (Wildman–Crippen MR) is 61.2 cm³/mol. The summed E-state index contributed by atoms with van der Waals surface area (Å²) in [4.78, 5) is 16.9. The highest BCUT2D eigenvalue weighted by Crippen LogP contribution is 2.15. The number of hydrogen-bond acceptors (Lipinski definition) is 3. The molecule has 2 rings (SSSR count). The maximum absolute atomic E-state index is 11.3. The minimum atomic E-state index is -0.0978. The van der Waals surface area contributed by atoms with Gasteiger partial charge in [-0.1, -0.05) is 6.07 Å². The maximum Gasteiger partial charge on any atom is 0.237 e. The molecule has 1 heterocycles. The smallest absolute Gasteiger partial charge is 0.237 e. The molecule has 84 valence electrons. The van der Waals surface area contributed by atoms with E-state index in [-0.39, 0.29) is 11.8 Å². The van der Waals surface area contributed by atoms with Gasteiger partial charge in [-0.15, -0.1) is 11.6 Å². The highest BCUT2D eigenvalue weighted by molar-refractivity contribution is 6.27. The Balaban J connectivity index is 2.17. The minimum absolute atomic E-state index is 0.00104. The summed E-state index contributed by atoms with van der Waals surface area (Å²) in [5.74, 6) is -0.0968. The zero-order chi connectivity index (χ0) is 11.5. The van der Waals surface area contributed by atoms with E-state index in [9.17, 15) is 4.79 Å². The first-order valence-corrected chi connectivity index (χ1v) is 5.36. The van der Waals surface area contributed by atoms with Crippen LogP contribution in [-0.4, -0.2) is 28.7 Å². The van der Waals surface area contributed by atoms with Gasteiger partial charge < -0.3 is 9.32 Å². The zero-order valence-corrected chi connectivity index (χ0v) is 9.57. The molecule has 0 saturated carbocycles. The molecule has 0 saturated heterocycles. The van der Waals surface area contributed by atoms with Gasteiger partial charge >= 0.3 is 0 Å². The lowest BCUT2D eigenvalue weighted by Gasteiger charge is -2.15. The molecule has 0 unspecified atom stereocenters. The standard InChI is InChI=1S/C11H11ClN2O2/c1-14(11(15)5-12)6-8-2-3-9-10(4-8)16-7-13-9/h2-4,7H,5-6H2,1H3. The third-order valence-corrected chi connectivity index (χ3v) is 2.58. The molecule has 0 spiro atoms. The van der Waals surface area contributed by atoms with E-state index in [1.54, 1.807) is 11.9 Å². The number of fused-ring (bicyclic) bond motifs is 1. The Hall–Kier alpha value is -1.55. The van der Waals surface area contributed by atoms with Crippen molar-refractivity contribution in [3.05, 3.63) is 30.2 Å². The average molecular weight is 239 g/mol. The number of benzene rings is 1. The molecule has 16 heavy (non-hydrogen) atoms. The number of alkyl halides is 1. The Bertz CT molecular complexity index is 509. The van der Waals surface area contributed by atoms with Crippen LogP contribution in [0.5, 0.6) is 0 Å². The molecule has 0 fully saturated rings. The van der Waals surface area contributed by atoms with Crippen LogP contribution in [0, 0.1) is 0 Å². The van der Waals surface area contributed by atoms with E-state index in [1.807, 2.05) is 18.2 Å². The van der Waals surface area contributed by atoms with E-state index in [4.69, 9.17) is 16.0 Å². The first kappa shape index (κ1) is 11.0. The number of carbonyl (C=O) groups excluding carboxylic acids is 1. The molecule has 4 nitrogen and oxygen atoms in total. The molecule has 0 N–H and O–H groups in total. The maximum atomic E-state index is 11.3. The first-order chi connectivity index (χ1) is 7.70. The van der Waals surface area contributed by atoms with E-state index in [0.717, 1.165) is 16.7 Å². The molecule has 0 aliphatic carbocycles. The van der Waals surface area contributed by atoms with Crippen molar-refractivity contribution in [3.8, 4) is 0 Å². The molecule has 2 aromatic rings. The van der Waals surface area contributed by atoms with E-state index < -0.39 is 0 Å². The number of rotatable bonds is 3. The van der Waals surface area contributed by atoms with Crippen LogP contribution < -0.4 is 0 Å². The molecule has 0 aliphatic rings. The molecular weight excluding hydrogens is 228 g/mol. The normalized spacial score (nSPS) is 10.6. The lowest BCUT2D eigenvalue weighted by atomic mass is 10.2. The van der Waals surface area contributed by atoms with Gasteiger partial charge in [-0.2, -0.15) is 0 Å². The van der Waals surface area contributed by atoms with E-state index in [0.29, 0.717) is 6.54 Å². The van der Waals surface area contributed by atoms with Crippen LogP contribution in [0.4, 0.5) is 0 Å². The fourth-order valence-corrected chi connectivity index (χ4v) is 1.67. The third kappa shape index (κ3) is 2.17. The number of oxazole rings is 1. The second-order valence-corrected chi connectivity index (χ2v) is 3.81. The van der Waals surface area contributed by atoms with E-state index in [1.165, 1.54) is 6.39 Å². The number of hydrogen-bond donors (Lipinski definition) is 0. The van der Waals surface area contributed by atoms with Gasteiger partial charge in [-0.3, -0.25) is 4.79 Å². The fourth-order valence-electron chi connectivity index (χ4n) is 1.46. The lowest BCUT2D eigenvalue weighted by Crippen LogP contribution is -2.26. The van der Waals surface area contributed by atoms with Crippen molar-refractivity contribution in [1.29, 1.82) is 0 Å². The summed E-state index contributed by atoms with van der Waals surface area (Å²) in [7, 11) is 1.72. The SMILES string of the molecule is CN(Cc1ccc2ncoc2c1)C(=O)CCl. The topological polar surface area (TPSA) is 46.3 Å². The van der Waals surface area contributed by atoms with Crippen molar-refractivity contribution < 1.29 is 9.21 Å². The third-order valence-electron chi connectivity index (χ3n) is 2.36. The fraction of sp³-hybridized carbons (Fsp3) is 0.273. The van der Waals surface area contributed by atoms with Gasteiger partial charge in [0.1, 0.15) is 11.4 Å². The van der Waals surface area contributed by atoms with Crippen molar-refractivity contribution in [2.24, 2.45) is 0 Å². The molecule has 5 heteroatoms. The van der Waals surface area contributed by atoms with Gasteiger partial charge in [0, 0.05) is 13.6 Å². The zero-order valence-electron chi connectivity index (χ0n) is 8.81. The van der Waals surface area contributed by atoms with Gasteiger partial charge in [-0.25, -0.2) is 4.98 Å². The second-order valence-electron chi connectivity index (χ2n) is 3.54. The van der Waals surface area contributed by atoms with Gasteiger partial charge in [0.2, 0.25) is 5.91 Å². The Morgan fingerprint density at radius 1 is 1.56 bits per heavy atom. The van der Waals surface area contributed by atoms with Gasteiger partial charge in [-0.05, 0) is 17.7 Å². The largest absolute Gasteiger partial charge is 0.443 e. The Labute approximate surface area is 97.8 Å². The first-order valence-electron chi connectivity index (χ1n) is 4.83. The van der Waals surface area contributed by atoms with Gasteiger partial charge in [0.05, 0.1) is 0 Å². The summed E-state index contributed by atoms with van der Waals surface area (Å²) in [6, 6.07) is 5.66. The molecule has 1 amide bonds. The van der Waals surface area contributed by atoms with Gasteiger partial charge in [0.25, 0.3) is 0 Å².